The van der Waals surface area contributed by atoms with Gasteiger partial charge in [-0.25, -0.2) is 4.98 Å². The largest absolute Gasteiger partial charge is 0.385 e. The lowest BCUT2D eigenvalue weighted by Gasteiger charge is -2.16. The summed E-state index contributed by atoms with van der Waals surface area (Å²) in [6, 6.07) is 9.62. The van der Waals surface area contributed by atoms with Gasteiger partial charge in [0.1, 0.15) is 17.6 Å². The van der Waals surface area contributed by atoms with Gasteiger partial charge in [0.25, 0.3) is 0 Å². The molecule has 5 rings (SSSR count). The molecule has 0 radical (unpaired) electrons. The Hall–Kier alpha value is -3.90. The number of piperidine rings is 1. The van der Waals surface area contributed by atoms with Crippen LogP contribution >= 0.6 is 0 Å². The highest BCUT2D eigenvalue weighted by atomic mass is 16.5. The second kappa shape index (κ2) is 8.22. The molecule has 4 atom stereocenters. The minimum absolute atomic E-state index is 0.258. The van der Waals surface area contributed by atoms with Gasteiger partial charge in [0.05, 0.1) is 6.54 Å². The van der Waals surface area contributed by atoms with Crippen molar-refractivity contribution in [3.8, 4) is 23.2 Å². The second-order valence-electron chi connectivity index (χ2n) is 8.55. The van der Waals surface area contributed by atoms with E-state index < -0.39 is 17.9 Å². The summed E-state index contributed by atoms with van der Waals surface area (Å²) in [6.45, 7) is 3.23. The van der Waals surface area contributed by atoms with Gasteiger partial charge in [-0.3, -0.25) is 9.59 Å². The van der Waals surface area contributed by atoms with Crippen molar-refractivity contribution >= 4 is 11.8 Å². The number of aliphatic hydroxyl groups excluding tert-OH is 1. The van der Waals surface area contributed by atoms with E-state index >= 15 is 0 Å². The topological polar surface area (TPSA) is 127 Å². The third-order valence-corrected chi connectivity index (χ3v) is 6.26. The van der Waals surface area contributed by atoms with Gasteiger partial charge in [0.15, 0.2) is 5.76 Å². The first kappa shape index (κ1) is 21.0. The standard InChI is InChI=1S/C24H23N5O4/c1-14(30)23-26-8-9-28(23)11-17-10-21(33-27-17)16-5-2-15(3-6-16)4-7-18-19-12-29(13-20(18)19)24(32)22(25)31/h2-3,5-6,8-10,14,18-20,30H,11-13H2,1H3,(H2,25,31)/t14-,18-,19+,20-/m0/s1. The lowest BCUT2D eigenvalue weighted by molar-refractivity contribution is -0.143. The number of nitrogens with zero attached hydrogens (tertiary/aromatic N) is 4. The Labute approximate surface area is 190 Å². The summed E-state index contributed by atoms with van der Waals surface area (Å²) in [5.74, 6) is 7.15. The smallest absolute Gasteiger partial charge is 0.311 e. The molecule has 0 bridgehead atoms. The molecule has 3 heterocycles. The van der Waals surface area contributed by atoms with Gasteiger partial charge in [-0.1, -0.05) is 17.0 Å². The molecular formula is C24H23N5O4. The van der Waals surface area contributed by atoms with Crippen LogP contribution in [0, 0.1) is 29.6 Å². The Morgan fingerprint density at radius 3 is 2.67 bits per heavy atom. The average molecular weight is 445 g/mol. The van der Waals surface area contributed by atoms with E-state index in [1.807, 2.05) is 34.9 Å². The summed E-state index contributed by atoms with van der Waals surface area (Å²) in [6.07, 6.45) is 2.78. The zero-order chi connectivity index (χ0) is 23.1. The van der Waals surface area contributed by atoms with Crippen LogP contribution in [-0.4, -0.2) is 49.6 Å². The normalized spacial score (nSPS) is 21.8. The molecule has 168 valence electrons. The van der Waals surface area contributed by atoms with E-state index in [-0.39, 0.29) is 5.92 Å². The average Bonchev–Trinajstić information content (AvgIpc) is 3.29. The van der Waals surface area contributed by atoms with Crippen LogP contribution in [0.4, 0.5) is 0 Å². The third-order valence-electron chi connectivity index (χ3n) is 6.26. The predicted octanol–water partition coefficient (Wildman–Crippen LogP) is 1.18. The summed E-state index contributed by atoms with van der Waals surface area (Å²) in [7, 11) is 0. The van der Waals surface area contributed by atoms with Gasteiger partial charge in [-0.05, 0) is 43.0 Å². The van der Waals surface area contributed by atoms with Gasteiger partial charge >= 0.3 is 11.8 Å². The maximum absolute atomic E-state index is 11.7. The molecule has 1 aliphatic carbocycles. The van der Waals surface area contributed by atoms with Crippen LogP contribution in [0.1, 0.15) is 30.1 Å². The SMILES string of the molecule is C[C@H](O)c1nccn1Cc1cc(-c2ccc(C#C[C@H]3[C@H]4CN(C(=O)C(N)=O)C[C@@H]34)cc2)on1. The zero-order valence-electron chi connectivity index (χ0n) is 18.0. The molecule has 2 aromatic heterocycles. The first-order valence-electron chi connectivity index (χ1n) is 10.8. The second-order valence-corrected chi connectivity index (χ2v) is 8.55. The van der Waals surface area contributed by atoms with E-state index in [1.54, 1.807) is 19.3 Å². The number of benzene rings is 1. The quantitative estimate of drug-likeness (QED) is 0.459. The van der Waals surface area contributed by atoms with Crippen LogP contribution in [0.25, 0.3) is 11.3 Å². The minimum atomic E-state index is -0.899. The predicted molar refractivity (Wildman–Crippen MR) is 117 cm³/mol. The van der Waals surface area contributed by atoms with Crippen LogP contribution in [0.2, 0.25) is 0 Å². The Bertz CT molecular complexity index is 1250. The highest BCUT2D eigenvalue weighted by molar-refractivity contribution is 6.34. The number of amides is 2. The summed E-state index contributed by atoms with van der Waals surface area (Å²) in [5.41, 5.74) is 7.59. The third kappa shape index (κ3) is 4.13. The summed E-state index contributed by atoms with van der Waals surface area (Å²) < 4.78 is 7.33. The Morgan fingerprint density at radius 1 is 1.27 bits per heavy atom. The molecule has 9 nitrogen and oxygen atoms in total. The van der Waals surface area contributed by atoms with Crippen LogP contribution in [-0.2, 0) is 16.1 Å². The molecule has 0 spiro atoms. The number of hydrogen-bond acceptors (Lipinski definition) is 6. The number of aliphatic hydroxyl groups is 1. The first-order chi connectivity index (χ1) is 15.9. The van der Waals surface area contributed by atoms with Crippen molar-refractivity contribution in [3.05, 3.63) is 59.8 Å². The van der Waals surface area contributed by atoms with Crippen molar-refractivity contribution in [2.75, 3.05) is 13.1 Å². The van der Waals surface area contributed by atoms with Gasteiger partial charge in [0, 0.05) is 48.6 Å². The monoisotopic (exact) mass is 445 g/mol. The van der Waals surface area contributed by atoms with Crippen molar-refractivity contribution in [1.82, 2.24) is 19.6 Å². The van der Waals surface area contributed by atoms with E-state index in [0.717, 1.165) is 16.8 Å². The van der Waals surface area contributed by atoms with E-state index in [0.29, 0.717) is 43.1 Å². The maximum atomic E-state index is 11.7. The lowest BCUT2D eigenvalue weighted by atomic mass is 10.1. The summed E-state index contributed by atoms with van der Waals surface area (Å²) in [4.78, 5) is 28.4. The van der Waals surface area contributed by atoms with Crippen molar-refractivity contribution in [2.45, 2.75) is 19.6 Å². The van der Waals surface area contributed by atoms with Crippen molar-refractivity contribution in [2.24, 2.45) is 23.5 Å². The number of aromatic nitrogens is 3. The zero-order valence-corrected chi connectivity index (χ0v) is 18.0. The Morgan fingerprint density at radius 2 is 2.00 bits per heavy atom. The molecule has 9 heteroatoms. The Kier molecular flexibility index (Phi) is 5.23. The van der Waals surface area contributed by atoms with Crippen molar-refractivity contribution in [3.63, 3.8) is 0 Å². The molecule has 2 fully saturated rings. The van der Waals surface area contributed by atoms with Crippen molar-refractivity contribution in [1.29, 1.82) is 0 Å². The molecule has 3 aromatic rings. The number of rotatable bonds is 4. The molecular weight excluding hydrogens is 422 g/mol. The fourth-order valence-electron chi connectivity index (χ4n) is 4.47. The van der Waals surface area contributed by atoms with Crippen LogP contribution in [0.5, 0.6) is 0 Å². The molecule has 1 saturated carbocycles. The molecule has 3 N–H and O–H groups in total. The van der Waals surface area contributed by atoms with Crippen LogP contribution < -0.4 is 5.73 Å². The fourth-order valence-corrected chi connectivity index (χ4v) is 4.47. The number of carbonyl (C=O) groups excluding carboxylic acids is 2. The number of imidazole rings is 1. The number of likely N-dealkylation sites (tertiary alicyclic amines) is 1. The van der Waals surface area contributed by atoms with Crippen LogP contribution in [0.15, 0.2) is 47.2 Å². The van der Waals surface area contributed by atoms with Gasteiger partial charge in [-0.15, -0.1) is 0 Å². The fraction of sp³-hybridized carbons (Fsp3) is 0.333. The number of fused-ring (bicyclic) bond motifs is 1. The molecule has 33 heavy (non-hydrogen) atoms. The van der Waals surface area contributed by atoms with E-state index in [4.69, 9.17) is 10.3 Å². The first-order valence-corrected chi connectivity index (χ1v) is 10.8. The molecule has 1 aromatic carbocycles. The molecule has 1 aliphatic heterocycles. The number of nitrogens with two attached hydrogens (primary N) is 1. The van der Waals surface area contributed by atoms with Crippen LogP contribution in [0.3, 0.4) is 0 Å². The highest BCUT2D eigenvalue weighted by Crippen LogP contribution is 2.51. The summed E-state index contributed by atoms with van der Waals surface area (Å²) in [5, 5.41) is 13.9. The van der Waals surface area contributed by atoms with Gasteiger partial charge < -0.3 is 24.8 Å². The maximum Gasteiger partial charge on any atom is 0.311 e. The van der Waals surface area contributed by atoms with Gasteiger partial charge in [-0.2, -0.15) is 0 Å². The Balaban J connectivity index is 1.19. The van der Waals surface area contributed by atoms with Gasteiger partial charge in [0.2, 0.25) is 0 Å². The molecule has 2 aliphatic rings. The summed E-state index contributed by atoms with van der Waals surface area (Å²) >= 11 is 0. The van der Waals surface area contributed by atoms with Crippen molar-refractivity contribution < 1.29 is 19.2 Å². The molecule has 2 amide bonds. The van der Waals surface area contributed by atoms with E-state index in [9.17, 15) is 14.7 Å². The molecule has 1 saturated heterocycles. The van der Waals surface area contributed by atoms with E-state index in [2.05, 4.69) is 22.0 Å². The van der Waals surface area contributed by atoms with E-state index in [1.165, 1.54) is 4.90 Å². The number of carbonyl (C=O) groups is 2. The lowest BCUT2D eigenvalue weighted by Crippen LogP contribution is -2.40. The highest BCUT2D eigenvalue weighted by Gasteiger charge is 2.56. The molecule has 0 unspecified atom stereocenters. The number of hydrogen-bond donors (Lipinski definition) is 2. The minimum Gasteiger partial charge on any atom is -0.385 e. The number of primary amides is 1.